The lowest BCUT2D eigenvalue weighted by atomic mass is 10.1. The summed E-state index contributed by atoms with van der Waals surface area (Å²) in [4.78, 5) is 72.8. The second kappa shape index (κ2) is 71.1. The van der Waals surface area contributed by atoms with Gasteiger partial charge in [0.2, 0.25) is 0 Å². The third-order valence-electron chi connectivity index (χ3n) is 15.7. The summed E-state index contributed by atoms with van der Waals surface area (Å²) in [6, 6.07) is 0. The second-order valence-corrected chi connectivity index (χ2v) is 28.1. The van der Waals surface area contributed by atoms with E-state index in [1.54, 1.807) is 0 Å². The first-order chi connectivity index (χ1) is 47.7. The number of ether oxygens (including phenoxy) is 4. The van der Waals surface area contributed by atoms with Crippen molar-refractivity contribution in [3.63, 3.8) is 0 Å². The van der Waals surface area contributed by atoms with Crippen LogP contribution in [-0.4, -0.2) is 96.7 Å². The van der Waals surface area contributed by atoms with Crippen molar-refractivity contribution in [3.8, 4) is 0 Å². The van der Waals surface area contributed by atoms with E-state index in [4.69, 9.17) is 37.0 Å². The largest absolute Gasteiger partial charge is 0.472 e. The smallest absolute Gasteiger partial charge is 0.462 e. The summed E-state index contributed by atoms with van der Waals surface area (Å²) < 4.78 is 68.4. The molecule has 0 aromatic rings. The summed E-state index contributed by atoms with van der Waals surface area (Å²) in [5, 5.41) is 10.6. The zero-order valence-corrected chi connectivity index (χ0v) is 63.2. The minimum atomic E-state index is -4.99. The van der Waals surface area contributed by atoms with Crippen molar-refractivity contribution in [3.05, 3.63) is 109 Å². The van der Waals surface area contributed by atoms with Gasteiger partial charge in [0.1, 0.15) is 19.3 Å². The summed E-state index contributed by atoms with van der Waals surface area (Å²) in [7, 11) is -9.97. The van der Waals surface area contributed by atoms with Gasteiger partial charge in [0, 0.05) is 25.7 Å². The number of carbonyl (C=O) groups excluding carboxylic acids is 4. The number of unbranched alkanes of at least 4 members (excludes halogenated alkanes) is 27. The van der Waals surface area contributed by atoms with Gasteiger partial charge in [-0.2, -0.15) is 0 Å². The zero-order chi connectivity index (χ0) is 71.8. The van der Waals surface area contributed by atoms with Crippen LogP contribution in [0.5, 0.6) is 0 Å². The quantitative estimate of drug-likeness (QED) is 0.0169. The first kappa shape index (κ1) is 93.7. The Labute approximate surface area is 594 Å². The fourth-order valence-electron chi connectivity index (χ4n) is 9.85. The van der Waals surface area contributed by atoms with Crippen molar-refractivity contribution in [1.29, 1.82) is 0 Å². The van der Waals surface area contributed by atoms with Crippen LogP contribution in [0.25, 0.3) is 0 Å². The lowest BCUT2D eigenvalue weighted by molar-refractivity contribution is -0.161. The number of aliphatic hydroxyl groups excluding tert-OH is 1. The molecule has 98 heavy (non-hydrogen) atoms. The van der Waals surface area contributed by atoms with Crippen molar-refractivity contribution in [2.45, 2.75) is 329 Å². The predicted molar refractivity (Wildman–Crippen MR) is 399 cm³/mol. The average molecular weight is 1420 g/mol. The van der Waals surface area contributed by atoms with Crippen LogP contribution < -0.4 is 0 Å². The molecule has 0 aliphatic rings. The molecule has 0 fully saturated rings. The lowest BCUT2D eigenvalue weighted by Crippen LogP contribution is -2.30. The molecule has 0 aliphatic carbocycles. The first-order valence-corrected chi connectivity index (χ1v) is 41.1. The van der Waals surface area contributed by atoms with Gasteiger partial charge in [-0.15, -0.1) is 0 Å². The lowest BCUT2D eigenvalue weighted by Gasteiger charge is -2.21. The number of hydrogen-bond donors (Lipinski definition) is 3. The highest BCUT2D eigenvalue weighted by Gasteiger charge is 2.30. The number of hydrogen-bond acceptors (Lipinski definition) is 15. The van der Waals surface area contributed by atoms with E-state index in [1.165, 1.54) is 70.6 Å². The Morgan fingerprint density at radius 3 is 0.918 bits per heavy atom. The SMILES string of the molecule is CC/C=C\C/C=C\C/C=C\C/C=C\C/C=C\CCCC(=O)OCC(COP(=O)(O)OCC(O)COP(=O)(O)OCC(COC(=O)CCCCCCC/C=C\C/C=C\CCCCC)OC(=O)CCCCCCC/C=C\CCCCCCCC)OC(=O)CCCCCCC/C=C\CCCC. The summed E-state index contributed by atoms with van der Waals surface area (Å²) in [6.07, 6.45) is 75.2. The number of aliphatic hydroxyl groups is 1. The predicted octanol–water partition coefficient (Wildman–Crippen LogP) is 21.8. The minimum Gasteiger partial charge on any atom is -0.462 e. The zero-order valence-electron chi connectivity index (χ0n) is 61.4. The minimum absolute atomic E-state index is 0.0706. The summed E-state index contributed by atoms with van der Waals surface area (Å²) in [5.74, 6) is -2.27. The molecule has 0 bridgehead atoms. The van der Waals surface area contributed by atoms with Crippen molar-refractivity contribution in [2.75, 3.05) is 39.6 Å². The summed E-state index contributed by atoms with van der Waals surface area (Å²) in [6.45, 7) is 4.60. The number of rotatable bonds is 71. The van der Waals surface area contributed by atoms with Gasteiger partial charge in [-0.3, -0.25) is 37.3 Å². The molecule has 0 aromatic heterocycles. The molecule has 0 aliphatic heterocycles. The molecule has 0 saturated carbocycles. The van der Waals surface area contributed by atoms with Crippen LogP contribution >= 0.6 is 15.6 Å². The molecule has 5 unspecified atom stereocenters. The van der Waals surface area contributed by atoms with Crippen molar-refractivity contribution < 1.29 is 80.2 Å². The van der Waals surface area contributed by atoms with Gasteiger partial charge in [0.15, 0.2) is 12.2 Å². The Kier molecular flexibility index (Phi) is 68.0. The Hall–Kier alpha value is -4.28. The maximum atomic E-state index is 13.1. The van der Waals surface area contributed by atoms with Crippen LogP contribution in [-0.2, 0) is 65.4 Å². The van der Waals surface area contributed by atoms with Gasteiger partial charge in [-0.25, -0.2) is 9.13 Å². The van der Waals surface area contributed by atoms with Gasteiger partial charge in [-0.1, -0.05) is 253 Å². The topological polar surface area (TPSA) is 237 Å². The van der Waals surface area contributed by atoms with E-state index in [2.05, 4.69) is 125 Å². The Bertz CT molecular complexity index is 2290. The van der Waals surface area contributed by atoms with E-state index in [1.807, 2.05) is 12.2 Å². The monoisotopic (exact) mass is 1420 g/mol. The summed E-state index contributed by atoms with van der Waals surface area (Å²) in [5.41, 5.74) is 0. The van der Waals surface area contributed by atoms with E-state index in [0.29, 0.717) is 32.1 Å². The van der Waals surface area contributed by atoms with Gasteiger partial charge in [0.25, 0.3) is 0 Å². The van der Waals surface area contributed by atoms with Crippen molar-refractivity contribution in [2.24, 2.45) is 0 Å². The van der Waals surface area contributed by atoms with E-state index in [-0.39, 0.29) is 25.7 Å². The normalized spacial score (nSPS) is 14.6. The average Bonchev–Trinajstić information content (AvgIpc) is 0.986. The number of phosphoric acid groups is 2. The highest BCUT2D eigenvalue weighted by Crippen LogP contribution is 2.45. The molecule has 5 atom stereocenters. The van der Waals surface area contributed by atoms with Gasteiger partial charge in [0.05, 0.1) is 26.4 Å². The van der Waals surface area contributed by atoms with Crippen LogP contribution in [0.3, 0.4) is 0 Å². The molecule has 19 heteroatoms. The first-order valence-electron chi connectivity index (χ1n) is 38.1. The van der Waals surface area contributed by atoms with E-state index < -0.39 is 97.5 Å². The molecule has 0 spiro atoms. The Morgan fingerprint density at radius 1 is 0.296 bits per heavy atom. The summed E-state index contributed by atoms with van der Waals surface area (Å²) >= 11 is 0. The molecule has 0 aromatic carbocycles. The molecule has 0 rings (SSSR count). The van der Waals surface area contributed by atoms with Crippen LogP contribution in [0.1, 0.15) is 310 Å². The standard InChI is InChI=1S/C79H136O17P2/c1-5-9-13-17-21-25-29-32-35-36-39-41-45-48-52-56-60-64-77(82)89-69-74(95-78(83)65-61-57-53-49-43-28-24-20-16-12-8-4)71-93-97(85,86)91-67-73(80)68-92-98(87,88)94-72-75(96-79(84)66-62-58-54-50-46-42-38-34-31-27-23-19-15-11-7-3)70-90-76(81)63-59-55-51-47-44-40-37-33-30-26-22-18-14-10-6-2/h9,13,20-22,24-26,32-35,37-39,41,48,52,73-75,80H,5-8,10-12,14-19,23,27-31,36,40,42-47,49-51,53-72H2,1-4H3,(H,85,86)(H,87,88)/b13-9-,24-20-,25-21-,26-22-,35-32-,37-33-,38-34-,41-39-,52-48-. The third kappa shape index (κ3) is 70.2. The van der Waals surface area contributed by atoms with Gasteiger partial charge >= 0.3 is 39.5 Å². The molecule has 0 saturated heterocycles. The van der Waals surface area contributed by atoms with E-state index >= 15 is 0 Å². The molecule has 564 valence electrons. The molecule has 0 heterocycles. The molecular weight excluding hydrogens is 1280 g/mol. The number of esters is 4. The number of phosphoric ester groups is 2. The molecular formula is C79H136O17P2. The van der Waals surface area contributed by atoms with Crippen LogP contribution in [0, 0.1) is 0 Å². The van der Waals surface area contributed by atoms with Crippen LogP contribution in [0.15, 0.2) is 109 Å². The maximum Gasteiger partial charge on any atom is 0.472 e. The van der Waals surface area contributed by atoms with Crippen LogP contribution in [0.4, 0.5) is 0 Å². The highest BCUT2D eigenvalue weighted by atomic mass is 31.2. The van der Waals surface area contributed by atoms with E-state index in [9.17, 15) is 43.2 Å². The van der Waals surface area contributed by atoms with E-state index in [0.717, 1.165) is 154 Å². The maximum absolute atomic E-state index is 13.1. The fraction of sp³-hybridized carbons (Fsp3) is 0.722. The molecule has 0 amide bonds. The van der Waals surface area contributed by atoms with Crippen molar-refractivity contribution in [1.82, 2.24) is 0 Å². The number of carbonyl (C=O) groups is 4. The Morgan fingerprint density at radius 2 is 0.551 bits per heavy atom. The Balaban J connectivity index is 5.39. The van der Waals surface area contributed by atoms with Crippen LogP contribution in [0.2, 0.25) is 0 Å². The van der Waals surface area contributed by atoms with Crippen molar-refractivity contribution >= 4 is 39.5 Å². The number of allylic oxidation sites excluding steroid dienone is 18. The molecule has 0 radical (unpaired) electrons. The van der Waals surface area contributed by atoms with Gasteiger partial charge in [-0.05, 0) is 141 Å². The molecule has 3 N–H and O–H groups in total. The van der Waals surface area contributed by atoms with Gasteiger partial charge < -0.3 is 33.8 Å². The fourth-order valence-corrected chi connectivity index (χ4v) is 11.4. The third-order valence-corrected chi connectivity index (χ3v) is 17.6. The molecule has 17 nitrogen and oxygen atoms in total. The highest BCUT2D eigenvalue weighted by molar-refractivity contribution is 7.47. The second-order valence-electron chi connectivity index (χ2n) is 25.2.